The number of carbonyl (C=O) groups excluding carboxylic acids is 2. The van der Waals surface area contributed by atoms with E-state index in [2.05, 4.69) is 0 Å². The first kappa shape index (κ1) is 16.0. The van der Waals surface area contributed by atoms with Crippen molar-refractivity contribution in [3.63, 3.8) is 0 Å². The Kier molecular flexibility index (Phi) is 5.97. The molecule has 0 saturated heterocycles. The summed E-state index contributed by atoms with van der Waals surface area (Å²) < 4.78 is 9.67. The van der Waals surface area contributed by atoms with Crippen molar-refractivity contribution < 1.29 is 19.1 Å². The van der Waals surface area contributed by atoms with Crippen molar-refractivity contribution in [1.82, 2.24) is 0 Å². The minimum absolute atomic E-state index is 0.248. The molecule has 0 aliphatic rings. The molecule has 1 aromatic carbocycles. The van der Waals surface area contributed by atoms with Crippen molar-refractivity contribution in [1.29, 1.82) is 0 Å². The molecule has 108 valence electrons. The average molecular weight is 276 g/mol. The van der Waals surface area contributed by atoms with Crippen LogP contribution in [0, 0.1) is 5.41 Å². The molecule has 0 bridgehead atoms. The minimum Gasteiger partial charge on any atom is -0.468 e. The highest BCUT2D eigenvalue weighted by molar-refractivity contribution is 6.00. The summed E-state index contributed by atoms with van der Waals surface area (Å²) in [6.07, 6.45) is 4.07. The Bertz CT molecular complexity index is 461. The molecule has 0 atom stereocenters. The van der Waals surface area contributed by atoms with Gasteiger partial charge in [0.2, 0.25) is 0 Å². The maximum atomic E-state index is 12.2. The Hall–Kier alpha value is -2.10. The molecule has 4 nitrogen and oxygen atoms in total. The molecule has 4 heteroatoms. The van der Waals surface area contributed by atoms with Gasteiger partial charge in [-0.15, -0.1) is 0 Å². The van der Waals surface area contributed by atoms with Crippen LogP contribution in [-0.2, 0) is 25.5 Å². The molecule has 0 fully saturated rings. The predicted molar refractivity (Wildman–Crippen MR) is 76.0 cm³/mol. The summed E-state index contributed by atoms with van der Waals surface area (Å²) >= 11 is 0. The predicted octanol–water partition coefficient (Wildman–Crippen LogP) is 2.53. The van der Waals surface area contributed by atoms with E-state index in [-0.39, 0.29) is 12.8 Å². The largest absolute Gasteiger partial charge is 0.468 e. The highest BCUT2D eigenvalue weighted by Crippen LogP contribution is 2.31. The monoisotopic (exact) mass is 276 g/mol. The number of rotatable bonds is 6. The number of benzene rings is 1. The van der Waals surface area contributed by atoms with E-state index in [1.807, 2.05) is 37.3 Å². The molecule has 0 amide bonds. The topological polar surface area (TPSA) is 52.6 Å². The Morgan fingerprint density at radius 3 is 2.10 bits per heavy atom. The highest BCUT2D eigenvalue weighted by atomic mass is 16.5. The molecule has 0 aliphatic heterocycles. The van der Waals surface area contributed by atoms with Crippen LogP contribution in [0.5, 0.6) is 0 Å². The first-order valence-corrected chi connectivity index (χ1v) is 6.42. The zero-order valence-electron chi connectivity index (χ0n) is 12.1. The third-order valence-electron chi connectivity index (χ3n) is 3.20. The first-order chi connectivity index (χ1) is 9.60. The van der Waals surface area contributed by atoms with Gasteiger partial charge in [-0.3, -0.25) is 9.59 Å². The average Bonchev–Trinajstić information content (AvgIpc) is 2.50. The summed E-state index contributed by atoms with van der Waals surface area (Å²) in [4.78, 5) is 24.4. The summed E-state index contributed by atoms with van der Waals surface area (Å²) in [5.41, 5.74) is -0.454. The highest BCUT2D eigenvalue weighted by Gasteiger charge is 2.47. The second-order valence-corrected chi connectivity index (χ2v) is 4.50. The SMILES string of the molecule is C/C=C\CC(Cc1ccccc1)(C(=O)OC)C(=O)OC. The normalized spacial score (nSPS) is 11.3. The van der Waals surface area contributed by atoms with Crippen LogP contribution in [0.4, 0.5) is 0 Å². The lowest BCUT2D eigenvalue weighted by atomic mass is 9.78. The lowest BCUT2D eigenvalue weighted by molar-refractivity contribution is -0.168. The van der Waals surface area contributed by atoms with Gasteiger partial charge in [0.1, 0.15) is 0 Å². The van der Waals surface area contributed by atoms with E-state index in [4.69, 9.17) is 9.47 Å². The smallest absolute Gasteiger partial charge is 0.323 e. The molecule has 0 aliphatic carbocycles. The molecular weight excluding hydrogens is 256 g/mol. The third kappa shape index (κ3) is 3.47. The molecule has 20 heavy (non-hydrogen) atoms. The molecule has 0 unspecified atom stereocenters. The Morgan fingerprint density at radius 1 is 1.10 bits per heavy atom. The Labute approximate surface area is 119 Å². The lowest BCUT2D eigenvalue weighted by Crippen LogP contribution is -2.42. The van der Waals surface area contributed by atoms with Crippen LogP contribution in [0.15, 0.2) is 42.5 Å². The fourth-order valence-electron chi connectivity index (χ4n) is 2.12. The van der Waals surface area contributed by atoms with Gasteiger partial charge in [0, 0.05) is 0 Å². The van der Waals surface area contributed by atoms with Crippen molar-refractivity contribution in [3.8, 4) is 0 Å². The van der Waals surface area contributed by atoms with Crippen LogP contribution in [0.2, 0.25) is 0 Å². The maximum Gasteiger partial charge on any atom is 0.323 e. The van der Waals surface area contributed by atoms with Gasteiger partial charge in [-0.05, 0) is 25.3 Å². The van der Waals surface area contributed by atoms with Gasteiger partial charge < -0.3 is 9.47 Å². The number of allylic oxidation sites excluding steroid dienone is 2. The van der Waals surface area contributed by atoms with E-state index in [0.29, 0.717) is 0 Å². The van der Waals surface area contributed by atoms with Crippen molar-refractivity contribution in [2.45, 2.75) is 19.8 Å². The fraction of sp³-hybridized carbons (Fsp3) is 0.375. The van der Waals surface area contributed by atoms with Crippen LogP contribution in [0.1, 0.15) is 18.9 Å². The van der Waals surface area contributed by atoms with Crippen LogP contribution in [-0.4, -0.2) is 26.2 Å². The molecule has 0 spiro atoms. The quantitative estimate of drug-likeness (QED) is 0.455. The number of hydrogen-bond donors (Lipinski definition) is 0. The summed E-state index contributed by atoms with van der Waals surface area (Å²) in [7, 11) is 2.56. The third-order valence-corrected chi connectivity index (χ3v) is 3.20. The van der Waals surface area contributed by atoms with Gasteiger partial charge in [-0.25, -0.2) is 0 Å². The van der Waals surface area contributed by atoms with Gasteiger partial charge in [0.15, 0.2) is 5.41 Å². The van der Waals surface area contributed by atoms with Crippen molar-refractivity contribution in [2.24, 2.45) is 5.41 Å². The number of ether oxygens (including phenoxy) is 2. The molecule has 0 saturated carbocycles. The molecule has 1 rings (SSSR count). The number of methoxy groups -OCH3 is 2. The van der Waals surface area contributed by atoms with Crippen molar-refractivity contribution in [3.05, 3.63) is 48.0 Å². The summed E-state index contributed by atoms with van der Waals surface area (Å²) in [5, 5.41) is 0. The minimum atomic E-state index is -1.34. The molecule has 0 heterocycles. The van der Waals surface area contributed by atoms with Crippen LogP contribution in [0.25, 0.3) is 0 Å². The van der Waals surface area contributed by atoms with E-state index in [9.17, 15) is 9.59 Å². The van der Waals surface area contributed by atoms with Crippen LogP contribution >= 0.6 is 0 Å². The molecular formula is C16H20O4. The van der Waals surface area contributed by atoms with E-state index in [0.717, 1.165) is 5.56 Å². The Morgan fingerprint density at radius 2 is 1.65 bits per heavy atom. The van der Waals surface area contributed by atoms with Gasteiger partial charge in [-0.1, -0.05) is 42.5 Å². The van der Waals surface area contributed by atoms with E-state index < -0.39 is 17.4 Å². The standard InChI is InChI=1S/C16H20O4/c1-4-5-11-16(14(17)19-2,15(18)20-3)12-13-9-7-6-8-10-13/h4-10H,11-12H2,1-3H3/b5-4-. The summed E-state index contributed by atoms with van der Waals surface area (Å²) in [6, 6.07) is 9.36. The summed E-state index contributed by atoms with van der Waals surface area (Å²) in [5.74, 6) is -1.15. The second-order valence-electron chi connectivity index (χ2n) is 4.50. The van der Waals surface area contributed by atoms with Crippen molar-refractivity contribution >= 4 is 11.9 Å². The first-order valence-electron chi connectivity index (χ1n) is 6.42. The van der Waals surface area contributed by atoms with Gasteiger partial charge in [-0.2, -0.15) is 0 Å². The number of carbonyl (C=O) groups is 2. The van der Waals surface area contributed by atoms with Crippen LogP contribution < -0.4 is 0 Å². The van der Waals surface area contributed by atoms with Crippen molar-refractivity contribution in [2.75, 3.05) is 14.2 Å². The molecule has 0 N–H and O–H groups in total. The number of esters is 2. The molecule has 1 aromatic rings. The van der Waals surface area contributed by atoms with E-state index in [1.165, 1.54) is 14.2 Å². The van der Waals surface area contributed by atoms with E-state index >= 15 is 0 Å². The van der Waals surface area contributed by atoms with E-state index in [1.54, 1.807) is 12.2 Å². The maximum absolute atomic E-state index is 12.2. The Balaban J connectivity index is 3.21. The van der Waals surface area contributed by atoms with Gasteiger partial charge in [0.05, 0.1) is 14.2 Å². The molecule has 0 aromatic heterocycles. The van der Waals surface area contributed by atoms with Crippen LogP contribution in [0.3, 0.4) is 0 Å². The molecule has 0 radical (unpaired) electrons. The van der Waals surface area contributed by atoms with Gasteiger partial charge >= 0.3 is 11.9 Å². The summed E-state index contributed by atoms with van der Waals surface area (Å²) in [6.45, 7) is 1.84. The fourth-order valence-corrected chi connectivity index (χ4v) is 2.12. The zero-order chi connectivity index (χ0) is 15.0. The lowest BCUT2D eigenvalue weighted by Gasteiger charge is -2.27. The van der Waals surface area contributed by atoms with Gasteiger partial charge in [0.25, 0.3) is 0 Å². The zero-order valence-corrected chi connectivity index (χ0v) is 12.1. The number of hydrogen-bond acceptors (Lipinski definition) is 4. The second kappa shape index (κ2) is 7.48.